The van der Waals surface area contributed by atoms with Crippen molar-refractivity contribution in [1.82, 2.24) is 14.9 Å². The van der Waals surface area contributed by atoms with E-state index in [1.165, 1.54) is 6.92 Å². The number of nitrogens with zero attached hydrogens (tertiary/aromatic N) is 3. The molecule has 2 fully saturated rings. The zero-order valence-corrected chi connectivity index (χ0v) is 20.7. The maximum absolute atomic E-state index is 12.4. The Bertz CT molecular complexity index is 940. The number of amides is 1. The minimum atomic E-state index is -0.619. The fourth-order valence-electron chi connectivity index (χ4n) is 3.96. The van der Waals surface area contributed by atoms with E-state index in [4.69, 9.17) is 19.5 Å². The Balaban J connectivity index is 1.77. The van der Waals surface area contributed by atoms with Gasteiger partial charge in [0, 0.05) is 36.2 Å². The first-order valence-electron chi connectivity index (χ1n) is 11.4. The Kier molecular flexibility index (Phi) is 7.19. The van der Waals surface area contributed by atoms with Crippen LogP contribution in [-0.2, 0) is 14.0 Å². The van der Waals surface area contributed by atoms with Crippen molar-refractivity contribution in [3.8, 4) is 0 Å². The standard InChI is InChI=1S/C23H35BN4O5/c1-14(25)17(13-31-21(30)28(7)16-10-8-9-11-16)19(29)20-26-12-18(15(2)27-20)24-32-22(3,4)23(5,6)33-24/h12,16,25,29H,8-11,13H2,1-7H3/b19-17-,25-14?. The molecule has 0 unspecified atom stereocenters. The Labute approximate surface area is 196 Å². The summed E-state index contributed by atoms with van der Waals surface area (Å²) in [5, 5.41) is 18.9. The molecule has 0 atom stereocenters. The predicted molar refractivity (Wildman–Crippen MR) is 127 cm³/mol. The lowest BCUT2D eigenvalue weighted by molar-refractivity contribution is 0.00578. The maximum atomic E-state index is 12.4. The molecule has 2 heterocycles. The van der Waals surface area contributed by atoms with Crippen molar-refractivity contribution in [3.63, 3.8) is 0 Å². The number of rotatable bonds is 6. The number of hydrogen-bond donors (Lipinski definition) is 2. The van der Waals surface area contributed by atoms with Gasteiger partial charge in [-0.15, -0.1) is 0 Å². The van der Waals surface area contributed by atoms with Crippen LogP contribution in [0.1, 0.15) is 71.8 Å². The highest BCUT2D eigenvalue weighted by molar-refractivity contribution is 6.62. The van der Waals surface area contributed by atoms with Crippen molar-refractivity contribution in [2.75, 3.05) is 13.7 Å². The van der Waals surface area contributed by atoms with Crippen LogP contribution in [0.5, 0.6) is 0 Å². The van der Waals surface area contributed by atoms with Crippen molar-refractivity contribution < 1.29 is 23.9 Å². The number of aliphatic hydroxyl groups excluding tert-OH is 1. The average molecular weight is 458 g/mol. The van der Waals surface area contributed by atoms with E-state index in [1.54, 1.807) is 25.1 Å². The lowest BCUT2D eigenvalue weighted by Crippen LogP contribution is -2.41. The van der Waals surface area contributed by atoms with Gasteiger partial charge in [0.05, 0.1) is 16.8 Å². The fraction of sp³-hybridized carbons (Fsp3) is 0.652. The fourth-order valence-corrected chi connectivity index (χ4v) is 3.96. The van der Waals surface area contributed by atoms with Crippen LogP contribution in [0.4, 0.5) is 4.79 Å². The van der Waals surface area contributed by atoms with Gasteiger partial charge in [0.25, 0.3) is 0 Å². The maximum Gasteiger partial charge on any atom is 0.498 e. The van der Waals surface area contributed by atoms with E-state index in [-0.39, 0.29) is 35.5 Å². The first kappa shape index (κ1) is 25.2. The number of nitrogens with one attached hydrogen (secondary N) is 1. The molecular weight excluding hydrogens is 423 g/mol. The SMILES string of the molecule is CC(=N)/C(COC(=O)N(C)C1CCCC1)=C(\O)c1ncc(B2OC(C)(C)C(C)(C)O2)c(C)n1. The molecule has 10 heteroatoms. The van der Waals surface area contributed by atoms with Crippen LogP contribution in [0.25, 0.3) is 5.76 Å². The van der Waals surface area contributed by atoms with Crippen LogP contribution >= 0.6 is 0 Å². The molecule has 33 heavy (non-hydrogen) atoms. The van der Waals surface area contributed by atoms with Crippen molar-refractivity contribution in [2.45, 2.75) is 84.5 Å². The van der Waals surface area contributed by atoms with Gasteiger partial charge in [-0.3, -0.25) is 0 Å². The quantitative estimate of drug-likeness (QED) is 0.381. The number of carbonyl (C=O) groups excluding carboxylic acids is 1. The summed E-state index contributed by atoms with van der Waals surface area (Å²) in [7, 11) is 1.10. The van der Waals surface area contributed by atoms with Gasteiger partial charge in [0.1, 0.15) is 6.61 Å². The Hall–Kier alpha value is -2.46. The third-order valence-corrected chi connectivity index (χ3v) is 6.98. The molecule has 0 bridgehead atoms. The second kappa shape index (κ2) is 9.42. The largest absolute Gasteiger partial charge is 0.504 e. The molecule has 1 aromatic heterocycles. The van der Waals surface area contributed by atoms with E-state index in [0.717, 1.165) is 25.7 Å². The van der Waals surface area contributed by atoms with Crippen molar-refractivity contribution in [3.05, 3.63) is 23.3 Å². The van der Waals surface area contributed by atoms with Crippen molar-refractivity contribution in [1.29, 1.82) is 5.41 Å². The molecule has 3 rings (SSSR count). The summed E-state index contributed by atoms with van der Waals surface area (Å²) in [5.74, 6) is -0.239. The third kappa shape index (κ3) is 5.22. The Morgan fingerprint density at radius 2 is 1.85 bits per heavy atom. The van der Waals surface area contributed by atoms with E-state index in [0.29, 0.717) is 11.2 Å². The summed E-state index contributed by atoms with van der Waals surface area (Å²) in [6.45, 7) is 10.9. The second-order valence-corrected chi connectivity index (χ2v) is 9.88. The molecule has 1 aliphatic heterocycles. The highest BCUT2D eigenvalue weighted by atomic mass is 16.7. The molecule has 0 radical (unpaired) electrons. The third-order valence-electron chi connectivity index (χ3n) is 6.98. The summed E-state index contributed by atoms with van der Waals surface area (Å²) in [6, 6.07) is 0.174. The molecule has 2 aliphatic rings. The van der Waals surface area contributed by atoms with Crippen LogP contribution < -0.4 is 5.46 Å². The molecule has 0 spiro atoms. The van der Waals surface area contributed by atoms with Crippen LogP contribution in [0.2, 0.25) is 0 Å². The molecule has 9 nitrogen and oxygen atoms in total. The van der Waals surface area contributed by atoms with E-state index < -0.39 is 24.4 Å². The van der Waals surface area contributed by atoms with Gasteiger partial charge in [0.15, 0.2) is 11.6 Å². The summed E-state index contributed by atoms with van der Waals surface area (Å²) >= 11 is 0. The highest BCUT2D eigenvalue weighted by Crippen LogP contribution is 2.36. The number of aryl methyl sites for hydroxylation is 1. The van der Waals surface area contributed by atoms with Gasteiger partial charge in [-0.1, -0.05) is 12.8 Å². The predicted octanol–water partition coefficient (Wildman–Crippen LogP) is 3.40. The van der Waals surface area contributed by atoms with E-state index in [9.17, 15) is 9.90 Å². The van der Waals surface area contributed by atoms with Crippen LogP contribution in [0.15, 0.2) is 11.8 Å². The lowest BCUT2D eigenvalue weighted by Gasteiger charge is -2.32. The average Bonchev–Trinajstić information content (AvgIpc) is 3.33. The molecule has 180 valence electrons. The van der Waals surface area contributed by atoms with Crippen molar-refractivity contribution in [2.24, 2.45) is 0 Å². The summed E-state index contributed by atoms with van der Waals surface area (Å²) in [4.78, 5) is 22.7. The number of hydrogen-bond acceptors (Lipinski definition) is 8. The Morgan fingerprint density at radius 3 is 2.36 bits per heavy atom. The van der Waals surface area contributed by atoms with Crippen LogP contribution in [-0.4, -0.2) is 69.8 Å². The number of carbonyl (C=O) groups is 1. The topological polar surface area (TPSA) is 118 Å². The van der Waals surface area contributed by atoms with Crippen LogP contribution in [0, 0.1) is 12.3 Å². The summed E-state index contributed by atoms with van der Waals surface area (Å²) < 4.78 is 17.5. The molecule has 0 aromatic carbocycles. The van der Waals surface area contributed by atoms with Gasteiger partial charge < -0.3 is 29.5 Å². The molecule has 2 N–H and O–H groups in total. The Morgan fingerprint density at radius 1 is 1.27 bits per heavy atom. The molecular formula is C23H35BN4O5. The minimum absolute atomic E-state index is 0.0505. The number of ether oxygens (including phenoxy) is 1. The molecule has 1 saturated carbocycles. The molecule has 1 aliphatic carbocycles. The molecule has 1 aromatic rings. The number of aliphatic hydroxyl groups is 1. The van der Waals surface area contributed by atoms with Gasteiger partial charge >= 0.3 is 13.2 Å². The molecule has 1 saturated heterocycles. The summed E-state index contributed by atoms with van der Waals surface area (Å²) in [5.41, 5.74) is 0.495. The number of aromatic nitrogens is 2. The van der Waals surface area contributed by atoms with Crippen molar-refractivity contribution >= 4 is 30.1 Å². The summed E-state index contributed by atoms with van der Waals surface area (Å²) in [6.07, 6.45) is 5.23. The van der Waals surface area contributed by atoms with E-state index in [1.807, 2.05) is 27.7 Å². The second-order valence-electron chi connectivity index (χ2n) is 9.88. The smallest absolute Gasteiger partial charge is 0.498 e. The van der Waals surface area contributed by atoms with E-state index >= 15 is 0 Å². The van der Waals surface area contributed by atoms with Gasteiger partial charge in [-0.05, 0) is 54.4 Å². The van der Waals surface area contributed by atoms with Crippen LogP contribution in [0.3, 0.4) is 0 Å². The first-order chi connectivity index (χ1) is 15.3. The van der Waals surface area contributed by atoms with Gasteiger partial charge in [0.2, 0.25) is 0 Å². The van der Waals surface area contributed by atoms with Gasteiger partial charge in [-0.2, -0.15) is 0 Å². The zero-order chi connectivity index (χ0) is 24.6. The highest BCUT2D eigenvalue weighted by Gasteiger charge is 2.52. The minimum Gasteiger partial charge on any atom is -0.504 e. The normalized spacial score (nSPS) is 20.5. The lowest BCUT2D eigenvalue weighted by atomic mass is 9.79. The zero-order valence-electron chi connectivity index (χ0n) is 20.7. The van der Waals surface area contributed by atoms with E-state index in [2.05, 4.69) is 9.97 Å². The molecule has 1 amide bonds. The van der Waals surface area contributed by atoms with Gasteiger partial charge in [-0.25, -0.2) is 14.8 Å². The first-order valence-corrected chi connectivity index (χ1v) is 11.4. The monoisotopic (exact) mass is 458 g/mol.